The Morgan fingerprint density at radius 1 is 0.818 bits per heavy atom. The minimum absolute atomic E-state index is 0.833. The molecular formula is C18H28BiO2P. The van der Waals surface area contributed by atoms with Crippen molar-refractivity contribution in [2.24, 2.45) is 0 Å². The first-order valence-corrected chi connectivity index (χ1v) is 15.2. The fraction of sp³-hybridized carbons (Fsp3) is 0.667. The number of rotatable bonds is 3. The summed E-state index contributed by atoms with van der Waals surface area (Å²) in [6.07, 6.45) is 15.4. The van der Waals surface area contributed by atoms with E-state index in [0.29, 0.717) is 0 Å². The zero-order valence-corrected chi connectivity index (χ0v) is 17.7. The van der Waals surface area contributed by atoms with E-state index in [1.54, 1.807) is 25.7 Å². The topological polar surface area (TPSA) is 37.3 Å². The zero-order valence-electron chi connectivity index (χ0n) is 13.4. The van der Waals surface area contributed by atoms with Crippen LogP contribution < -0.4 is 3.27 Å². The van der Waals surface area contributed by atoms with Crippen molar-refractivity contribution in [2.45, 2.75) is 71.5 Å². The van der Waals surface area contributed by atoms with E-state index in [-0.39, 0.29) is 0 Å². The van der Waals surface area contributed by atoms with Crippen molar-refractivity contribution < 1.29 is 9.46 Å². The molecule has 22 heavy (non-hydrogen) atoms. The standard InChI is InChI=1S/2C6H11.C6H5.Bi.HO2P/c3*1-2-4-6-5-3-1;;1-3-2/h2*1H,2-6H2;1-5H;;(H,1,2). The third-order valence-electron chi connectivity index (χ3n) is 4.99. The zero-order chi connectivity index (χ0) is 15.6. The van der Waals surface area contributed by atoms with Gasteiger partial charge in [0.2, 0.25) is 0 Å². The molecule has 0 aromatic heterocycles. The number of hydrogen-bond acceptors (Lipinski definition) is 1. The second-order valence-electron chi connectivity index (χ2n) is 6.41. The van der Waals surface area contributed by atoms with E-state index in [1.807, 2.05) is 3.27 Å². The van der Waals surface area contributed by atoms with Crippen LogP contribution in [0.5, 0.6) is 0 Å². The van der Waals surface area contributed by atoms with Gasteiger partial charge in [-0.05, 0) is 0 Å². The third kappa shape index (κ3) is 5.66. The molecule has 1 N–H and O–H groups in total. The summed E-state index contributed by atoms with van der Waals surface area (Å²) in [5.74, 6) is 0. The molecule has 0 unspecified atom stereocenters. The van der Waals surface area contributed by atoms with Crippen molar-refractivity contribution in [3.63, 3.8) is 0 Å². The fourth-order valence-corrected chi connectivity index (χ4v) is 18.8. The monoisotopic (exact) mass is 516 g/mol. The molecule has 0 amide bonds. The Morgan fingerprint density at radius 3 is 1.64 bits per heavy atom. The summed E-state index contributed by atoms with van der Waals surface area (Å²) >= 11 is -1.51. The van der Waals surface area contributed by atoms with Crippen LogP contribution in [0.2, 0.25) is 7.25 Å². The van der Waals surface area contributed by atoms with Crippen LogP contribution >= 0.6 is 8.69 Å². The number of hydrogen-bond donors (Lipinski definition) is 1. The molecular weight excluding hydrogens is 488 g/mol. The van der Waals surface area contributed by atoms with Crippen LogP contribution in [-0.4, -0.2) is 26.6 Å². The first kappa shape index (κ1) is 18.5. The molecule has 1 aromatic rings. The average Bonchev–Trinajstić information content (AvgIpc) is 2.59. The summed E-state index contributed by atoms with van der Waals surface area (Å²) in [6, 6.07) is 11.8. The van der Waals surface area contributed by atoms with E-state index in [4.69, 9.17) is 9.46 Å². The van der Waals surface area contributed by atoms with Crippen LogP contribution in [0, 0.1) is 0 Å². The van der Waals surface area contributed by atoms with Gasteiger partial charge in [0.25, 0.3) is 0 Å². The van der Waals surface area contributed by atoms with Crippen LogP contribution in [0.15, 0.2) is 30.3 Å². The molecule has 2 fully saturated rings. The Hall–Kier alpha value is 0.163. The Kier molecular flexibility index (Phi) is 9.12. The molecule has 0 radical (unpaired) electrons. The molecule has 0 bridgehead atoms. The van der Waals surface area contributed by atoms with Gasteiger partial charge in [0.1, 0.15) is 0 Å². The summed E-state index contributed by atoms with van der Waals surface area (Å²) in [6.45, 7) is 0. The minimum atomic E-state index is -1.51. The van der Waals surface area contributed by atoms with Gasteiger partial charge in [0.05, 0.1) is 0 Å². The summed E-state index contributed by atoms with van der Waals surface area (Å²) in [4.78, 5) is 6.99. The second-order valence-corrected chi connectivity index (χ2v) is 17.4. The summed E-state index contributed by atoms with van der Waals surface area (Å²) < 4.78 is 12.7. The van der Waals surface area contributed by atoms with Crippen molar-refractivity contribution in [3.8, 4) is 0 Å². The molecule has 0 heterocycles. The van der Waals surface area contributed by atoms with Crippen LogP contribution in [0.4, 0.5) is 0 Å². The predicted octanol–water partition coefficient (Wildman–Crippen LogP) is 5.24. The molecule has 4 heteroatoms. The van der Waals surface area contributed by atoms with Gasteiger partial charge in [-0.25, -0.2) is 4.57 Å². The Balaban J connectivity index is 0.000000545. The SMILES string of the molecule is O=PO.c1cc[c]([Bi]([CH]2CCCCC2)[CH]2CCCCC2)cc1. The van der Waals surface area contributed by atoms with E-state index in [9.17, 15) is 0 Å². The maximum absolute atomic E-state index is 8.46. The molecule has 2 nitrogen and oxygen atoms in total. The normalized spacial score (nSPS) is 20.6. The molecule has 0 saturated heterocycles. The molecule has 0 atom stereocenters. The molecule has 3 rings (SSSR count). The molecule has 122 valence electrons. The van der Waals surface area contributed by atoms with Crippen molar-refractivity contribution >= 4 is 33.7 Å². The van der Waals surface area contributed by atoms with Gasteiger partial charge in [-0.2, -0.15) is 0 Å². The first-order valence-electron chi connectivity index (χ1n) is 8.67. The van der Waals surface area contributed by atoms with Gasteiger partial charge in [-0.1, -0.05) is 0 Å². The molecule has 0 aliphatic heterocycles. The van der Waals surface area contributed by atoms with Crippen LogP contribution in [0.3, 0.4) is 0 Å². The van der Waals surface area contributed by atoms with E-state index >= 15 is 0 Å². The molecule has 1 aromatic carbocycles. The van der Waals surface area contributed by atoms with Crippen molar-refractivity contribution in [3.05, 3.63) is 30.3 Å². The number of benzene rings is 1. The third-order valence-corrected chi connectivity index (χ3v) is 18.6. The van der Waals surface area contributed by atoms with Crippen LogP contribution in [-0.2, 0) is 4.57 Å². The van der Waals surface area contributed by atoms with Crippen molar-refractivity contribution in [1.29, 1.82) is 0 Å². The van der Waals surface area contributed by atoms with Gasteiger partial charge in [-0.15, -0.1) is 0 Å². The van der Waals surface area contributed by atoms with Gasteiger partial charge in [0.15, 0.2) is 0 Å². The van der Waals surface area contributed by atoms with E-state index in [2.05, 4.69) is 30.3 Å². The van der Waals surface area contributed by atoms with Crippen LogP contribution in [0.25, 0.3) is 0 Å². The Morgan fingerprint density at radius 2 is 1.23 bits per heavy atom. The van der Waals surface area contributed by atoms with Crippen LogP contribution in [0.1, 0.15) is 64.2 Å². The van der Waals surface area contributed by atoms with Gasteiger partial charge < -0.3 is 4.89 Å². The molecule has 2 saturated carbocycles. The van der Waals surface area contributed by atoms with E-state index in [1.165, 1.54) is 45.8 Å². The second kappa shape index (κ2) is 10.8. The molecule has 2 aliphatic carbocycles. The van der Waals surface area contributed by atoms with Crippen molar-refractivity contribution in [1.82, 2.24) is 0 Å². The average molecular weight is 516 g/mol. The van der Waals surface area contributed by atoms with Crippen molar-refractivity contribution in [2.75, 3.05) is 0 Å². The quantitative estimate of drug-likeness (QED) is 0.441. The van der Waals surface area contributed by atoms with E-state index in [0.717, 1.165) is 0 Å². The maximum atomic E-state index is 8.46. The molecule has 0 spiro atoms. The molecule has 2 aliphatic rings. The van der Waals surface area contributed by atoms with E-state index < -0.39 is 30.4 Å². The van der Waals surface area contributed by atoms with Gasteiger partial charge in [-0.3, -0.25) is 0 Å². The summed E-state index contributed by atoms with van der Waals surface area (Å²) in [5, 5.41) is 0. The predicted molar refractivity (Wildman–Crippen MR) is 95.3 cm³/mol. The summed E-state index contributed by atoms with van der Waals surface area (Å²) in [5.41, 5.74) is 0. The van der Waals surface area contributed by atoms with Gasteiger partial charge >= 0.3 is 136 Å². The Labute approximate surface area is 144 Å². The van der Waals surface area contributed by atoms with Gasteiger partial charge in [0, 0.05) is 0 Å². The summed E-state index contributed by atoms with van der Waals surface area (Å²) in [7, 11) is -0.833. The fourth-order valence-electron chi connectivity index (χ4n) is 4.04. The Bertz CT molecular complexity index is 396. The first-order chi connectivity index (χ1) is 10.9.